The third-order valence-corrected chi connectivity index (χ3v) is 7.48. The largest absolute Gasteiger partial charge is 0.240 e. The van der Waals surface area contributed by atoms with Crippen molar-refractivity contribution in [1.82, 2.24) is 9.03 Å². The number of aryl methyl sites for hydroxylation is 2. The van der Waals surface area contributed by atoms with Crippen molar-refractivity contribution < 1.29 is 16.8 Å². The van der Waals surface area contributed by atoms with Crippen LogP contribution < -0.4 is 4.72 Å². The lowest BCUT2D eigenvalue weighted by molar-refractivity contribution is 0.346. The molecule has 0 spiro atoms. The van der Waals surface area contributed by atoms with Gasteiger partial charge in [-0.1, -0.05) is 12.5 Å². The minimum atomic E-state index is -3.69. The van der Waals surface area contributed by atoms with E-state index in [1.807, 2.05) is 13.8 Å². The van der Waals surface area contributed by atoms with Gasteiger partial charge in [-0.05, 0) is 49.9 Å². The van der Waals surface area contributed by atoms with Gasteiger partial charge in [-0.15, -0.1) is 0 Å². The van der Waals surface area contributed by atoms with Crippen LogP contribution >= 0.6 is 0 Å². The van der Waals surface area contributed by atoms with Crippen LogP contribution in [0.4, 0.5) is 0 Å². The van der Waals surface area contributed by atoms with Crippen molar-refractivity contribution in [2.24, 2.45) is 0 Å². The first-order valence-electron chi connectivity index (χ1n) is 7.77. The molecule has 0 aliphatic carbocycles. The fourth-order valence-electron chi connectivity index (χ4n) is 2.54. The molecule has 0 aromatic heterocycles. The van der Waals surface area contributed by atoms with Crippen LogP contribution in [0.15, 0.2) is 23.1 Å². The standard InChI is InChI=1S/C15H24N2O4S2/c1-13-6-7-15(12-14(13)2)23(20,21)16-8-11-22(18,19)17-9-4-3-5-10-17/h6-7,12,16H,3-5,8-11H2,1-2H3. The summed E-state index contributed by atoms with van der Waals surface area (Å²) in [7, 11) is -7.08. The van der Waals surface area contributed by atoms with E-state index in [0.29, 0.717) is 13.1 Å². The van der Waals surface area contributed by atoms with Crippen LogP contribution in [0, 0.1) is 13.8 Å². The molecule has 0 amide bonds. The maximum atomic E-state index is 12.2. The molecule has 1 heterocycles. The normalized spacial score (nSPS) is 17.3. The van der Waals surface area contributed by atoms with Crippen LogP contribution in [0.25, 0.3) is 0 Å². The van der Waals surface area contributed by atoms with Crippen LogP contribution in [0.1, 0.15) is 30.4 Å². The van der Waals surface area contributed by atoms with E-state index in [1.54, 1.807) is 12.1 Å². The molecule has 0 bridgehead atoms. The number of benzene rings is 1. The first-order chi connectivity index (χ1) is 10.7. The number of nitrogens with one attached hydrogen (secondary N) is 1. The summed E-state index contributed by atoms with van der Waals surface area (Å²) in [5, 5.41) is 0. The second-order valence-electron chi connectivity index (χ2n) is 5.92. The van der Waals surface area contributed by atoms with E-state index in [0.717, 1.165) is 30.4 Å². The summed E-state index contributed by atoms with van der Waals surface area (Å²) in [6.07, 6.45) is 2.78. The molecule has 1 aromatic rings. The zero-order valence-corrected chi connectivity index (χ0v) is 15.2. The molecule has 0 saturated carbocycles. The fourth-order valence-corrected chi connectivity index (χ4v) is 5.22. The van der Waals surface area contributed by atoms with Gasteiger partial charge in [0.05, 0.1) is 10.6 Å². The van der Waals surface area contributed by atoms with Gasteiger partial charge in [0.1, 0.15) is 0 Å². The van der Waals surface area contributed by atoms with Gasteiger partial charge < -0.3 is 0 Å². The Morgan fingerprint density at radius 3 is 2.26 bits per heavy atom. The topological polar surface area (TPSA) is 83.5 Å². The number of nitrogens with zero attached hydrogens (tertiary/aromatic N) is 1. The zero-order valence-electron chi connectivity index (χ0n) is 13.6. The van der Waals surface area contributed by atoms with Crippen molar-refractivity contribution in [1.29, 1.82) is 0 Å². The molecule has 1 aliphatic rings. The van der Waals surface area contributed by atoms with E-state index in [1.165, 1.54) is 10.4 Å². The van der Waals surface area contributed by atoms with Crippen molar-refractivity contribution >= 4 is 20.0 Å². The van der Waals surface area contributed by atoms with Gasteiger partial charge in [-0.25, -0.2) is 25.9 Å². The van der Waals surface area contributed by atoms with Gasteiger partial charge in [-0.2, -0.15) is 0 Å². The molecule has 0 radical (unpaired) electrons. The molecule has 0 unspecified atom stereocenters. The number of hydrogen-bond acceptors (Lipinski definition) is 4. The first-order valence-corrected chi connectivity index (χ1v) is 10.9. The summed E-state index contributed by atoms with van der Waals surface area (Å²) in [5.74, 6) is -0.211. The molecular weight excluding hydrogens is 336 g/mol. The van der Waals surface area contributed by atoms with Gasteiger partial charge in [0.15, 0.2) is 0 Å². The van der Waals surface area contributed by atoms with Crippen LogP contribution in [-0.4, -0.2) is 46.5 Å². The zero-order chi connectivity index (χ0) is 17.1. The molecule has 2 rings (SSSR count). The number of hydrogen-bond donors (Lipinski definition) is 1. The maximum absolute atomic E-state index is 12.2. The second kappa shape index (κ2) is 7.29. The highest BCUT2D eigenvalue weighted by atomic mass is 32.2. The summed E-state index contributed by atoms with van der Waals surface area (Å²) in [6, 6.07) is 4.87. The molecule has 6 nitrogen and oxygen atoms in total. The number of rotatable bonds is 6. The quantitative estimate of drug-likeness (QED) is 0.831. The lowest BCUT2D eigenvalue weighted by Crippen LogP contribution is -2.40. The van der Waals surface area contributed by atoms with Crippen molar-refractivity contribution in [3.05, 3.63) is 29.3 Å². The summed E-state index contributed by atoms with van der Waals surface area (Å²) >= 11 is 0. The molecule has 1 aliphatic heterocycles. The third-order valence-electron chi connectivity index (χ3n) is 4.15. The van der Waals surface area contributed by atoms with E-state index in [9.17, 15) is 16.8 Å². The van der Waals surface area contributed by atoms with Gasteiger partial charge in [0.25, 0.3) is 0 Å². The Bertz CT molecular complexity index is 752. The Labute approximate surface area is 139 Å². The monoisotopic (exact) mass is 360 g/mol. The van der Waals surface area contributed by atoms with Gasteiger partial charge in [0.2, 0.25) is 20.0 Å². The summed E-state index contributed by atoms with van der Waals surface area (Å²) in [5.41, 5.74) is 1.89. The van der Waals surface area contributed by atoms with E-state index < -0.39 is 20.0 Å². The Kier molecular flexibility index (Phi) is 5.83. The highest BCUT2D eigenvalue weighted by Crippen LogP contribution is 2.15. The molecule has 1 fully saturated rings. The molecule has 1 aromatic carbocycles. The van der Waals surface area contributed by atoms with Crippen molar-refractivity contribution in [3.8, 4) is 0 Å². The maximum Gasteiger partial charge on any atom is 0.240 e. The van der Waals surface area contributed by atoms with E-state index in [4.69, 9.17) is 0 Å². The minimum absolute atomic E-state index is 0.117. The lowest BCUT2D eigenvalue weighted by atomic mass is 10.1. The van der Waals surface area contributed by atoms with Crippen LogP contribution in [0.3, 0.4) is 0 Å². The predicted molar refractivity (Wildman–Crippen MR) is 90.3 cm³/mol. The average molecular weight is 361 g/mol. The average Bonchev–Trinajstić information content (AvgIpc) is 2.50. The summed E-state index contributed by atoms with van der Waals surface area (Å²) < 4.78 is 52.7. The van der Waals surface area contributed by atoms with Crippen molar-refractivity contribution in [2.45, 2.75) is 38.0 Å². The highest BCUT2D eigenvalue weighted by molar-refractivity contribution is 7.90. The van der Waals surface area contributed by atoms with E-state index >= 15 is 0 Å². The Hall–Kier alpha value is -0.960. The molecule has 8 heteroatoms. The lowest BCUT2D eigenvalue weighted by Gasteiger charge is -2.25. The fraction of sp³-hybridized carbons (Fsp3) is 0.600. The second-order valence-corrected chi connectivity index (χ2v) is 9.77. The Morgan fingerprint density at radius 1 is 1.00 bits per heavy atom. The van der Waals surface area contributed by atoms with Crippen LogP contribution in [0.5, 0.6) is 0 Å². The molecule has 1 N–H and O–H groups in total. The number of sulfonamides is 2. The van der Waals surface area contributed by atoms with Gasteiger partial charge in [0, 0.05) is 19.6 Å². The first kappa shape index (κ1) is 18.4. The Balaban J connectivity index is 1.97. The van der Waals surface area contributed by atoms with E-state index in [2.05, 4.69) is 4.72 Å². The SMILES string of the molecule is Cc1ccc(S(=O)(=O)NCCS(=O)(=O)N2CCCCC2)cc1C. The van der Waals surface area contributed by atoms with Crippen LogP contribution in [-0.2, 0) is 20.0 Å². The molecule has 1 saturated heterocycles. The van der Waals surface area contributed by atoms with Gasteiger partial charge in [-0.3, -0.25) is 0 Å². The van der Waals surface area contributed by atoms with Crippen molar-refractivity contribution in [2.75, 3.05) is 25.4 Å². The highest BCUT2D eigenvalue weighted by Gasteiger charge is 2.24. The number of piperidine rings is 1. The molecular formula is C15H24N2O4S2. The van der Waals surface area contributed by atoms with E-state index in [-0.39, 0.29) is 17.2 Å². The molecule has 130 valence electrons. The third kappa shape index (κ3) is 4.76. The smallest absolute Gasteiger partial charge is 0.212 e. The van der Waals surface area contributed by atoms with Gasteiger partial charge >= 0.3 is 0 Å². The molecule has 23 heavy (non-hydrogen) atoms. The predicted octanol–water partition coefficient (Wildman–Crippen LogP) is 1.40. The summed E-state index contributed by atoms with van der Waals surface area (Å²) in [4.78, 5) is 0.163. The van der Waals surface area contributed by atoms with Crippen LogP contribution in [0.2, 0.25) is 0 Å². The minimum Gasteiger partial charge on any atom is -0.212 e. The Morgan fingerprint density at radius 2 is 1.65 bits per heavy atom. The van der Waals surface area contributed by atoms with Crippen molar-refractivity contribution in [3.63, 3.8) is 0 Å². The summed E-state index contributed by atoms with van der Waals surface area (Å²) in [6.45, 7) is 4.70. The molecule has 0 atom stereocenters.